The molecule has 0 unspecified atom stereocenters. The third-order valence-corrected chi connectivity index (χ3v) is 5.63. The zero-order valence-electron chi connectivity index (χ0n) is 16.9. The Morgan fingerprint density at radius 1 is 1.19 bits per heavy atom. The van der Waals surface area contributed by atoms with Crippen molar-refractivity contribution in [1.29, 1.82) is 0 Å². The highest BCUT2D eigenvalue weighted by Crippen LogP contribution is 2.26. The van der Waals surface area contributed by atoms with Gasteiger partial charge in [0.05, 0.1) is 0 Å². The van der Waals surface area contributed by atoms with Crippen molar-refractivity contribution in [2.45, 2.75) is 25.7 Å². The minimum atomic E-state index is 0.0260. The van der Waals surface area contributed by atoms with E-state index in [1.807, 2.05) is 24.3 Å². The van der Waals surface area contributed by atoms with Gasteiger partial charge in [0.2, 0.25) is 0 Å². The van der Waals surface area contributed by atoms with Gasteiger partial charge < -0.3 is 15.5 Å². The third kappa shape index (κ3) is 6.10. The van der Waals surface area contributed by atoms with Crippen molar-refractivity contribution in [2.75, 3.05) is 34.2 Å². The standard InChI is InChI=1S/C21H30N4OS/c1-21(2,18-10-7-13-27-18)15-24-20(22-3)23-12-11-16-8-6-9-17(14-16)19(26)25(4)5/h6-10,13-14H,11-12,15H2,1-5H3,(H2,22,23,24). The average Bonchev–Trinajstić information content (AvgIpc) is 3.19. The number of carbonyl (C=O) groups is 1. The Bertz CT molecular complexity index is 766. The second kappa shape index (κ2) is 9.55. The van der Waals surface area contributed by atoms with Crippen molar-refractivity contribution in [3.8, 4) is 0 Å². The first kappa shape index (κ1) is 21.0. The minimum absolute atomic E-state index is 0.0260. The SMILES string of the molecule is CN=C(NCCc1cccc(C(=O)N(C)C)c1)NCC(C)(C)c1cccs1. The summed E-state index contributed by atoms with van der Waals surface area (Å²) in [5.41, 5.74) is 1.90. The molecule has 0 spiro atoms. The molecule has 6 heteroatoms. The van der Waals surface area contributed by atoms with Gasteiger partial charge in [0.25, 0.3) is 5.91 Å². The van der Waals surface area contributed by atoms with Gasteiger partial charge in [-0.05, 0) is 35.6 Å². The lowest BCUT2D eigenvalue weighted by molar-refractivity contribution is 0.0827. The van der Waals surface area contributed by atoms with E-state index in [2.05, 4.69) is 47.0 Å². The van der Waals surface area contributed by atoms with Crippen LogP contribution in [0.3, 0.4) is 0 Å². The maximum absolute atomic E-state index is 12.1. The fourth-order valence-corrected chi connectivity index (χ4v) is 3.57. The Labute approximate surface area is 166 Å². The fraction of sp³-hybridized carbons (Fsp3) is 0.429. The molecule has 0 bridgehead atoms. The van der Waals surface area contributed by atoms with E-state index in [0.29, 0.717) is 0 Å². The molecule has 5 nitrogen and oxygen atoms in total. The lowest BCUT2D eigenvalue weighted by Gasteiger charge is -2.25. The number of carbonyl (C=O) groups excluding carboxylic acids is 1. The number of nitrogens with zero attached hydrogens (tertiary/aromatic N) is 2. The van der Waals surface area contributed by atoms with Crippen LogP contribution in [0.5, 0.6) is 0 Å². The monoisotopic (exact) mass is 386 g/mol. The van der Waals surface area contributed by atoms with Crippen molar-refractivity contribution in [3.05, 3.63) is 57.8 Å². The normalized spacial score (nSPS) is 12.0. The lowest BCUT2D eigenvalue weighted by atomic mass is 9.91. The summed E-state index contributed by atoms with van der Waals surface area (Å²) in [5, 5.41) is 8.88. The molecule has 1 heterocycles. The lowest BCUT2D eigenvalue weighted by Crippen LogP contribution is -2.43. The quantitative estimate of drug-likeness (QED) is 0.568. The molecule has 0 fully saturated rings. The Kier molecular flexibility index (Phi) is 7.42. The summed E-state index contributed by atoms with van der Waals surface area (Å²) in [7, 11) is 5.32. The van der Waals surface area contributed by atoms with Crippen LogP contribution in [0.1, 0.15) is 34.6 Å². The predicted octanol–water partition coefficient (Wildman–Crippen LogP) is 3.14. The van der Waals surface area contributed by atoms with Crippen LogP contribution in [0, 0.1) is 0 Å². The van der Waals surface area contributed by atoms with Crippen LogP contribution >= 0.6 is 11.3 Å². The highest BCUT2D eigenvalue weighted by atomic mass is 32.1. The third-order valence-electron chi connectivity index (χ3n) is 4.40. The fourth-order valence-electron chi connectivity index (χ4n) is 2.72. The topological polar surface area (TPSA) is 56.7 Å². The van der Waals surface area contributed by atoms with Crippen molar-refractivity contribution in [3.63, 3.8) is 0 Å². The molecule has 0 atom stereocenters. The molecular weight excluding hydrogens is 356 g/mol. The number of benzene rings is 1. The van der Waals surface area contributed by atoms with Crippen LogP contribution < -0.4 is 10.6 Å². The van der Waals surface area contributed by atoms with E-state index in [0.717, 1.165) is 36.6 Å². The summed E-state index contributed by atoms with van der Waals surface area (Å²) >= 11 is 1.78. The molecule has 0 radical (unpaired) electrons. The van der Waals surface area contributed by atoms with Gasteiger partial charge >= 0.3 is 0 Å². The Morgan fingerprint density at radius 2 is 1.96 bits per heavy atom. The second-order valence-electron chi connectivity index (χ2n) is 7.36. The molecular formula is C21H30N4OS. The van der Waals surface area contributed by atoms with Crippen LogP contribution in [-0.4, -0.2) is 51.0 Å². The van der Waals surface area contributed by atoms with Gasteiger partial charge in [-0.2, -0.15) is 0 Å². The number of hydrogen-bond acceptors (Lipinski definition) is 3. The van der Waals surface area contributed by atoms with E-state index in [9.17, 15) is 4.79 Å². The van der Waals surface area contributed by atoms with E-state index in [1.165, 1.54) is 4.88 Å². The number of rotatable bonds is 7. The first-order valence-corrected chi connectivity index (χ1v) is 10.0. The zero-order valence-corrected chi connectivity index (χ0v) is 17.7. The smallest absolute Gasteiger partial charge is 0.253 e. The average molecular weight is 387 g/mol. The van der Waals surface area contributed by atoms with Gasteiger partial charge in [0.15, 0.2) is 5.96 Å². The summed E-state index contributed by atoms with van der Waals surface area (Å²) in [5.74, 6) is 0.818. The molecule has 27 heavy (non-hydrogen) atoms. The van der Waals surface area contributed by atoms with Gasteiger partial charge in [-0.25, -0.2) is 0 Å². The molecule has 1 aromatic carbocycles. The first-order chi connectivity index (χ1) is 12.8. The van der Waals surface area contributed by atoms with Gasteiger partial charge in [-0.1, -0.05) is 32.0 Å². The highest BCUT2D eigenvalue weighted by Gasteiger charge is 2.21. The number of aliphatic imine (C=N–C) groups is 1. The maximum Gasteiger partial charge on any atom is 0.253 e. The summed E-state index contributed by atoms with van der Waals surface area (Å²) in [6.07, 6.45) is 0.823. The zero-order chi connectivity index (χ0) is 19.9. The van der Waals surface area contributed by atoms with Gasteiger partial charge in [0, 0.05) is 50.1 Å². The van der Waals surface area contributed by atoms with Gasteiger partial charge in [-0.3, -0.25) is 9.79 Å². The molecule has 0 aliphatic heterocycles. The largest absolute Gasteiger partial charge is 0.356 e. The van der Waals surface area contributed by atoms with Crippen LogP contribution in [0.2, 0.25) is 0 Å². The molecule has 1 amide bonds. The summed E-state index contributed by atoms with van der Waals surface area (Å²) in [6, 6.07) is 12.0. The molecule has 1 aromatic heterocycles. The van der Waals surface area contributed by atoms with E-state index in [-0.39, 0.29) is 11.3 Å². The maximum atomic E-state index is 12.1. The summed E-state index contributed by atoms with van der Waals surface area (Å²) in [4.78, 5) is 19.3. The van der Waals surface area contributed by atoms with E-state index in [1.54, 1.807) is 37.4 Å². The minimum Gasteiger partial charge on any atom is -0.356 e. The second-order valence-corrected chi connectivity index (χ2v) is 8.31. The first-order valence-electron chi connectivity index (χ1n) is 9.12. The number of nitrogens with one attached hydrogen (secondary N) is 2. The molecule has 0 aliphatic carbocycles. The summed E-state index contributed by atoms with van der Waals surface area (Å²) < 4.78 is 0. The van der Waals surface area contributed by atoms with Crippen molar-refractivity contribution < 1.29 is 4.79 Å². The van der Waals surface area contributed by atoms with Crippen LogP contribution in [0.4, 0.5) is 0 Å². The van der Waals surface area contributed by atoms with E-state index >= 15 is 0 Å². The van der Waals surface area contributed by atoms with Crippen LogP contribution in [0.25, 0.3) is 0 Å². The number of guanidine groups is 1. The van der Waals surface area contributed by atoms with E-state index < -0.39 is 0 Å². The number of hydrogen-bond donors (Lipinski definition) is 2. The van der Waals surface area contributed by atoms with Crippen molar-refractivity contribution in [2.24, 2.45) is 4.99 Å². The van der Waals surface area contributed by atoms with E-state index in [4.69, 9.17) is 0 Å². The Balaban J connectivity index is 1.85. The molecule has 2 N–H and O–H groups in total. The predicted molar refractivity (Wildman–Crippen MR) is 115 cm³/mol. The van der Waals surface area contributed by atoms with Crippen LogP contribution in [0.15, 0.2) is 46.8 Å². The van der Waals surface area contributed by atoms with Crippen molar-refractivity contribution >= 4 is 23.2 Å². The van der Waals surface area contributed by atoms with Gasteiger partial charge in [0.1, 0.15) is 0 Å². The molecule has 0 saturated carbocycles. The molecule has 2 aromatic rings. The van der Waals surface area contributed by atoms with Crippen molar-refractivity contribution in [1.82, 2.24) is 15.5 Å². The molecule has 146 valence electrons. The number of thiophene rings is 1. The van der Waals surface area contributed by atoms with Gasteiger partial charge in [-0.15, -0.1) is 11.3 Å². The number of amides is 1. The molecule has 0 aliphatic rings. The Hall–Kier alpha value is -2.34. The highest BCUT2D eigenvalue weighted by molar-refractivity contribution is 7.10. The van der Waals surface area contributed by atoms with Crippen LogP contribution in [-0.2, 0) is 11.8 Å². The Morgan fingerprint density at radius 3 is 2.59 bits per heavy atom. The summed E-state index contributed by atoms with van der Waals surface area (Å²) in [6.45, 7) is 6.01. The molecule has 0 saturated heterocycles. The molecule has 2 rings (SSSR count).